The van der Waals surface area contributed by atoms with Crippen LogP contribution in [-0.4, -0.2) is 10.9 Å². The van der Waals surface area contributed by atoms with E-state index < -0.39 is 0 Å². The van der Waals surface area contributed by atoms with Crippen LogP contribution in [0, 0.1) is 0 Å². The normalized spacial score (nSPS) is 10.2. The van der Waals surface area contributed by atoms with Crippen molar-refractivity contribution in [1.82, 2.24) is 10.3 Å². The van der Waals surface area contributed by atoms with E-state index in [0.717, 1.165) is 5.56 Å². The number of anilines is 1. The van der Waals surface area contributed by atoms with Gasteiger partial charge in [-0.3, -0.25) is 4.79 Å². The third-order valence-corrected chi connectivity index (χ3v) is 3.04. The zero-order valence-electron chi connectivity index (χ0n) is 9.86. The summed E-state index contributed by atoms with van der Waals surface area (Å²) in [5.41, 5.74) is 6.74. The van der Waals surface area contributed by atoms with Gasteiger partial charge in [-0.15, -0.1) is 0 Å². The van der Waals surface area contributed by atoms with Gasteiger partial charge in [0.15, 0.2) is 0 Å². The zero-order chi connectivity index (χ0) is 13.8. The summed E-state index contributed by atoms with van der Waals surface area (Å²) in [6.07, 6.45) is 0. The second-order valence-corrected chi connectivity index (χ2v) is 4.67. The summed E-state index contributed by atoms with van der Waals surface area (Å²) < 4.78 is 0. The molecule has 4 nitrogen and oxygen atoms in total. The maximum absolute atomic E-state index is 11.9. The summed E-state index contributed by atoms with van der Waals surface area (Å²) in [5.74, 6) is -0.0775. The lowest BCUT2D eigenvalue weighted by Crippen LogP contribution is -2.23. The standard InChI is InChI=1S/C13H11Cl2N3O/c14-10-4-2-1-3-8(10)7-17-13(19)9-5-11(15)18-12(16)6-9/h1-6H,7H2,(H2,16,18)(H,17,19). The molecule has 0 spiro atoms. The first-order valence-corrected chi connectivity index (χ1v) is 6.26. The Morgan fingerprint density at radius 1 is 1.26 bits per heavy atom. The average Bonchev–Trinajstić information content (AvgIpc) is 2.36. The van der Waals surface area contributed by atoms with Gasteiger partial charge in [0.05, 0.1) is 0 Å². The van der Waals surface area contributed by atoms with Gasteiger partial charge >= 0.3 is 0 Å². The van der Waals surface area contributed by atoms with Crippen LogP contribution < -0.4 is 11.1 Å². The molecule has 0 saturated heterocycles. The first-order valence-electron chi connectivity index (χ1n) is 5.51. The van der Waals surface area contributed by atoms with Gasteiger partial charge in [-0.05, 0) is 23.8 Å². The molecular weight excluding hydrogens is 285 g/mol. The van der Waals surface area contributed by atoms with Crippen molar-refractivity contribution in [3.05, 3.63) is 57.7 Å². The fraction of sp³-hybridized carbons (Fsp3) is 0.0769. The van der Waals surface area contributed by atoms with Crippen molar-refractivity contribution < 1.29 is 4.79 Å². The van der Waals surface area contributed by atoms with Gasteiger partial charge in [0.25, 0.3) is 5.91 Å². The van der Waals surface area contributed by atoms with Crippen LogP contribution in [-0.2, 0) is 6.54 Å². The Labute approximate surface area is 120 Å². The first-order chi connectivity index (χ1) is 9.06. The highest BCUT2D eigenvalue weighted by molar-refractivity contribution is 6.31. The van der Waals surface area contributed by atoms with Gasteiger partial charge in [0.1, 0.15) is 11.0 Å². The summed E-state index contributed by atoms with van der Waals surface area (Å²) >= 11 is 11.7. The minimum Gasteiger partial charge on any atom is -0.384 e. The number of rotatable bonds is 3. The number of nitrogens with two attached hydrogens (primary N) is 1. The summed E-state index contributed by atoms with van der Waals surface area (Å²) in [6, 6.07) is 10.2. The van der Waals surface area contributed by atoms with Crippen LogP contribution >= 0.6 is 23.2 Å². The molecule has 6 heteroatoms. The predicted molar refractivity (Wildman–Crippen MR) is 76.3 cm³/mol. The molecule has 19 heavy (non-hydrogen) atoms. The Morgan fingerprint density at radius 3 is 2.68 bits per heavy atom. The van der Waals surface area contributed by atoms with E-state index in [1.807, 2.05) is 18.2 Å². The topological polar surface area (TPSA) is 68.0 Å². The Morgan fingerprint density at radius 2 is 2.00 bits per heavy atom. The number of hydrogen-bond donors (Lipinski definition) is 2. The third-order valence-electron chi connectivity index (χ3n) is 2.47. The van der Waals surface area contributed by atoms with Crippen molar-refractivity contribution in [1.29, 1.82) is 0 Å². The molecule has 1 aromatic heterocycles. The molecule has 0 saturated carbocycles. The monoisotopic (exact) mass is 295 g/mol. The Balaban J connectivity index is 2.08. The minimum absolute atomic E-state index is 0.183. The molecule has 0 aliphatic carbocycles. The molecule has 0 aliphatic rings. The van der Waals surface area contributed by atoms with E-state index >= 15 is 0 Å². The van der Waals surface area contributed by atoms with Crippen molar-refractivity contribution in [2.24, 2.45) is 0 Å². The molecule has 0 bridgehead atoms. The van der Waals surface area contributed by atoms with Crippen molar-refractivity contribution in [2.45, 2.75) is 6.54 Å². The Hall–Kier alpha value is -1.78. The summed E-state index contributed by atoms with van der Waals surface area (Å²) in [4.78, 5) is 15.7. The maximum Gasteiger partial charge on any atom is 0.251 e. The number of nitrogens with zero attached hydrogens (tertiary/aromatic N) is 1. The molecule has 0 atom stereocenters. The Kier molecular flexibility index (Phi) is 4.24. The van der Waals surface area contributed by atoms with Crippen LogP contribution in [0.15, 0.2) is 36.4 Å². The number of halogens is 2. The maximum atomic E-state index is 11.9. The lowest BCUT2D eigenvalue weighted by atomic mass is 10.2. The molecule has 1 heterocycles. The first kappa shape index (κ1) is 13.6. The van der Waals surface area contributed by atoms with Gasteiger partial charge in [-0.2, -0.15) is 0 Å². The predicted octanol–water partition coefficient (Wildman–Crippen LogP) is 2.90. The summed E-state index contributed by atoms with van der Waals surface area (Å²) in [5, 5.41) is 3.53. The second kappa shape index (κ2) is 5.91. The van der Waals surface area contributed by atoms with Crippen molar-refractivity contribution in [3.63, 3.8) is 0 Å². The number of aromatic nitrogens is 1. The SMILES string of the molecule is Nc1cc(C(=O)NCc2ccccc2Cl)cc(Cl)n1. The molecule has 2 aromatic rings. The van der Waals surface area contributed by atoms with Crippen molar-refractivity contribution >= 4 is 34.9 Å². The third kappa shape index (κ3) is 3.59. The summed E-state index contributed by atoms with van der Waals surface area (Å²) in [7, 11) is 0. The molecule has 0 unspecified atom stereocenters. The highest BCUT2D eigenvalue weighted by atomic mass is 35.5. The van der Waals surface area contributed by atoms with Gasteiger partial charge in [-0.25, -0.2) is 4.98 Å². The molecule has 3 N–H and O–H groups in total. The van der Waals surface area contributed by atoms with Crippen LogP contribution in [0.3, 0.4) is 0 Å². The molecule has 1 aromatic carbocycles. The van der Waals surface area contributed by atoms with Gasteiger partial charge in [0.2, 0.25) is 0 Å². The second-order valence-electron chi connectivity index (χ2n) is 3.88. The molecule has 1 amide bonds. The fourth-order valence-electron chi connectivity index (χ4n) is 1.57. The largest absolute Gasteiger partial charge is 0.384 e. The highest BCUT2D eigenvalue weighted by Gasteiger charge is 2.08. The fourth-order valence-corrected chi connectivity index (χ4v) is 1.99. The van der Waals surface area contributed by atoms with Crippen LogP contribution in [0.1, 0.15) is 15.9 Å². The number of carbonyl (C=O) groups is 1. The van der Waals surface area contributed by atoms with E-state index in [2.05, 4.69) is 10.3 Å². The van der Waals surface area contributed by atoms with Crippen LogP contribution in [0.2, 0.25) is 10.2 Å². The van der Waals surface area contributed by atoms with E-state index in [4.69, 9.17) is 28.9 Å². The van der Waals surface area contributed by atoms with E-state index in [1.165, 1.54) is 12.1 Å². The van der Waals surface area contributed by atoms with Crippen molar-refractivity contribution in [2.75, 3.05) is 5.73 Å². The minimum atomic E-state index is -0.282. The lowest BCUT2D eigenvalue weighted by molar-refractivity contribution is 0.0951. The number of nitrogen functional groups attached to an aromatic ring is 1. The number of benzene rings is 1. The average molecular weight is 296 g/mol. The molecule has 2 rings (SSSR count). The molecule has 0 aliphatic heterocycles. The zero-order valence-corrected chi connectivity index (χ0v) is 11.4. The quantitative estimate of drug-likeness (QED) is 0.856. The van der Waals surface area contributed by atoms with E-state index in [0.29, 0.717) is 17.1 Å². The molecular formula is C13H11Cl2N3O. The summed E-state index contributed by atoms with van der Waals surface area (Å²) in [6.45, 7) is 0.332. The number of pyridine rings is 1. The Bertz CT molecular complexity index is 596. The van der Waals surface area contributed by atoms with Gasteiger partial charge < -0.3 is 11.1 Å². The number of carbonyl (C=O) groups excluding carboxylic acids is 1. The van der Waals surface area contributed by atoms with Gasteiger partial charge in [-0.1, -0.05) is 41.4 Å². The van der Waals surface area contributed by atoms with Crippen LogP contribution in [0.5, 0.6) is 0 Å². The van der Waals surface area contributed by atoms with E-state index in [-0.39, 0.29) is 16.9 Å². The number of hydrogen-bond acceptors (Lipinski definition) is 3. The van der Waals surface area contributed by atoms with Crippen LogP contribution in [0.4, 0.5) is 5.82 Å². The van der Waals surface area contributed by atoms with Crippen molar-refractivity contribution in [3.8, 4) is 0 Å². The highest BCUT2D eigenvalue weighted by Crippen LogP contribution is 2.15. The number of nitrogens with one attached hydrogen (secondary N) is 1. The lowest BCUT2D eigenvalue weighted by Gasteiger charge is -2.07. The molecule has 98 valence electrons. The smallest absolute Gasteiger partial charge is 0.251 e. The van der Waals surface area contributed by atoms with Gasteiger partial charge in [0, 0.05) is 17.1 Å². The van der Waals surface area contributed by atoms with E-state index in [1.54, 1.807) is 6.07 Å². The van der Waals surface area contributed by atoms with Crippen LogP contribution in [0.25, 0.3) is 0 Å². The molecule has 0 fully saturated rings. The number of amides is 1. The van der Waals surface area contributed by atoms with E-state index in [9.17, 15) is 4.79 Å². The molecule has 0 radical (unpaired) electrons.